The molecule has 1 aromatic carbocycles. The molecule has 0 N–H and O–H groups in total. The first kappa shape index (κ1) is 9.53. The summed E-state index contributed by atoms with van der Waals surface area (Å²) in [6, 6.07) is 8.68. The maximum atomic E-state index is 5.32. The van der Waals surface area contributed by atoms with Crippen molar-refractivity contribution in [2.45, 2.75) is 6.92 Å². The highest BCUT2D eigenvalue weighted by atomic mass is 16.5. The predicted molar refractivity (Wildman–Crippen MR) is 58.6 cm³/mol. The second-order valence-electron chi connectivity index (χ2n) is 3.48. The average Bonchev–Trinajstić information content (AvgIpc) is 2.30. The second-order valence-corrected chi connectivity index (χ2v) is 3.48. The van der Waals surface area contributed by atoms with Gasteiger partial charge in [-0.15, -0.1) is 0 Å². The molecule has 2 nitrogen and oxygen atoms in total. The highest BCUT2D eigenvalue weighted by Crippen LogP contribution is 2.16. The summed E-state index contributed by atoms with van der Waals surface area (Å²) >= 11 is 0. The number of nitrogens with zero attached hydrogens (tertiary/aromatic N) is 1. The molecule has 2 rings (SSSR count). The van der Waals surface area contributed by atoms with E-state index in [9.17, 15) is 0 Å². The summed E-state index contributed by atoms with van der Waals surface area (Å²) in [6.07, 6.45) is 2.11. The Morgan fingerprint density at radius 1 is 1.14 bits per heavy atom. The van der Waals surface area contributed by atoms with Gasteiger partial charge in [0.25, 0.3) is 0 Å². The fourth-order valence-electron chi connectivity index (χ4n) is 1.70. The normalized spacial score (nSPS) is 17.1. The van der Waals surface area contributed by atoms with Crippen LogP contribution in [0.1, 0.15) is 12.5 Å². The summed E-state index contributed by atoms with van der Waals surface area (Å²) in [5.74, 6) is 0. The molecule has 0 bridgehead atoms. The fourth-order valence-corrected chi connectivity index (χ4v) is 1.70. The fraction of sp³-hybridized carbons (Fsp3) is 0.417. The number of ether oxygens (including phenoxy) is 1. The lowest BCUT2D eigenvalue weighted by Gasteiger charge is -2.28. The lowest BCUT2D eigenvalue weighted by molar-refractivity contribution is 0.122. The van der Waals surface area contributed by atoms with Crippen LogP contribution in [-0.4, -0.2) is 26.3 Å². The van der Waals surface area contributed by atoms with Crippen molar-refractivity contribution in [3.8, 4) is 0 Å². The Bertz CT molecular complexity index is 275. The second kappa shape index (κ2) is 4.47. The van der Waals surface area contributed by atoms with E-state index in [1.165, 1.54) is 11.3 Å². The summed E-state index contributed by atoms with van der Waals surface area (Å²) < 4.78 is 5.32. The summed E-state index contributed by atoms with van der Waals surface area (Å²) in [7, 11) is 0. The predicted octanol–water partition coefficient (Wildman–Crippen LogP) is 2.10. The summed E-state index contributed by atoms with van der Waals surface area (Å²) in [5, 5.41) is 0. The first-order valence-electron chi connectivity index (χ1n) is 5.12. The molecule has 1 aliphatic rings. The molecule has 1 aromatic rings. The van der Waals surface area contributed by atoms with Crippen molar-refractivity contribution in [1.82, 2.24) is 0 Å². The first-order chi connectivity index (χ1) is 6.90. The number of morpholine rings is 1. The minimum atomic E-state index is 0.849. The summed E-state index contributed by atoms with van der Waals surface area (Å²) in [6.45, 7) is 5.78. The summed E-state index contributed by atoms with van der Waals surface area (Å²) in [5.41, 5.74) is 2.58. The van der Waals surface area contributed by atoms with Crippen LogP contribution in [0.2, 0.25) is 0 Å². The van der Waals surface area contributed by atoms with Gasteiger partial charge >= 0.3 is 0 Å². The van der Waals surface area contributed by atoms with E-state index in [1.807, 2.05) is 0 Å². The molecule has 1 aliphatic heterocycles. The Balaban J connectivity index is 2.07. The van der Waals surface area contributed by atoms with Gasteiger partial charge in [-0.25, -0.2) is 0 Å². The van der Waals surface area contributed by atoms with Crippen molar-refractivity contribution in [3.05, 3.63) is 36.2 Å². The first-order valence-corrected chi connectivity index (χ1v) is 5.12. The molecule has 0 atom stereocenters. The largest absolute Gasteiger partial charge is 0.378 e. The van der Waals surface area contributed by atoms with Gasteiger partial charge in [0.2, 0.25) is 0 Å². The van der Waals surface area contributed by atoms with E-state index in [0.29, 0.717) is 0 Å². The zero-order valence-electron chi connectivity index (χ0n) is 8.57. The third kappa shape index (κ3) is 2.07. The molecule has 0 amide bonds. The Morgan fingerprint density at radius 3 is 2.36 bits per heavy atom. The van der Waals surface area contributed by atoms with Crippen molar-refractivity contribution in [1.29, 1.82) is 0 Å². The van der Waals surface area contributed by atoms with Crippen molar-refractivity contribution in [2.24, 2.45) is 0 Å². The Morgan fingerprint density at radius 2 is 1.79 bits per heavy atom. The highest BCUT2D eigenvalue weighted by molar-refractivity contribution is 5.48. The third-order valence-electron chi connectivity index (χ3n) is 2.60. The topological polar surface area (TPSA) is 12.5 Å². The monoisotopic (exact) mass is 190 g/mol. The maximum absolute atomic E-state index is 5.32. The zero-order chi connectivity index (χ0) is 9.80. The molecular weight excluding hydrogens is 174 g/mol. The Kier molecular flexibility index (Phi) is 3.04. The van der Waals surface area contributed by atoms with Crippen molar-refractivity contribution >= 4 is 5.69 Å². The van der Waals surface area contributed by atoms with Gasteiger partial charge < -0.3 is 9.64 Å². The molecule has 14 heavy (non-hydrogen) atoms. The van der Waals surface area contributed by atoms with Gasteiger partial charge in [-0.05, 0) is 24.1 Å². The van der Waals surface area contributed by atoms with Crippen LogP contribution in [0.3, 0.4) is 0 Å². The minimum absolute atomic E-state index is 0.849. The molecule has 0 unspecified atom stereocenters. The van der Waals surface area contributed by atoms with Crippen LogP contribution in [-0.2, 0) is 4.74 Å². The van der Waals surface area contributed by atoms with E-state index >= 15 is 0 Å². The molecular formula is C12H16NO. The molecule has 0 aromatic heterocycles. The van der Waals surface area contributed by atoms with Crippen LogP contribution in [0.5, 0.6) is 0 Å². The summed E-state index contributed by atoms with van der Waals surface area (Å²) in [4.78, 5) is 2.36. The number of anilines is 1. The molecule has 75 valence electrons. The molecule has 2 heteroatoms. The van der Waals surface area contributed by atoms with Crippen LogP contribution in [0.4, 0.5) is 5.69 Å². The van der Waals surface area contributed by atoms with E-state index < -0.39 is 0 Å². The van der Waals surface area contributed by atoms with E-state index in [4.69, 9.17) is 4.74 Å². The zero-order valence-corrected chi connectivity index (χ0v) is 8.57. The van der Waals surface area contributed by atoms with Gasteiger partial charge in [0, 0.05) is 18.8 Å². The quantitative estimate of drug-likeness (QED) is 0.708. The lowest BCUT2D eigenvalue weighted by atomic mass is 10.1. The van der Waals surface area contributed by atoms with Gasteiger partial charge in [0.15, 0.2) is 0 Å². The smallest absolute Gasteiger partial charge is 0.0642 e. The molecule has 1 saturated heterocycles. The molecule has 0 aliphatic carbocycles. The number of benzene rings is 1. The van der Waals surface area contributed by atoms with Crippen LogP contribution in [0.15, 0.2) is 24.3 Å². The molecule has 0 spiro atoms. The van der Waals surface area contributed by atoms with E-state index in [-0.39, 0.29) is 0 Å². The third-order valence-corrected chi connectivity index (χ3v) is 2.60. The van der Waals surface area contributed by atoms with Gasteiger partial charge in [0.1, 0.15) is 0 Å². The van der Waals surface area contributed by atoms with Crippen molar-refractivity contribution < 1.29 is 4.74 Å². The SMILES string of the molecule is C[CH]c1ccc(N2CCOCC2)cc1. The molecule has 0 saturated carbocycles. The van der Waals surface area contributed by atoms with Crippen molar-refractivity contribution in [3.63, 3.8) is 0 Å². The van der Waals surface area contributed by atoms with E-state index in [2.05, 4.69) is 42.5 Å². The Hall–Kier alpha value is -1.02. The van der Waals surface area contributed by atoms with Crippen molar-refractivity contribution in [2.75, 3.05) is 31.2 Å². The van der Waals surface area contributed by atoms with Gasteiger partial charge in [-0.3, -0.25) is 0 Å². The number of rotatable bonds is 2. The van der Waals surface area contributed by atoms with E-state index in [1.54, 1.807) is 0 Å². The van der Waals surface area contributed by atoms with Gasteiger partial charge in [-0.2, -0.15) is 0 Å². The Labute approximate surface area is 85.5 Å². The molecule has 1 radical (unpaired) electrons. The van der Waals surface area contributed by atoms with Crippen LogP contribution >= 0.6 is 0 Å². The van der Waals surface area contributed by atoms with Crippen LogP contribution in [0.25, 0.3) is 0 Å². The van der Waals surface area contributed by atoms with Crippen LogP contribution < -0.4 is 4.90 Å². The molecule has 1 fully saturated rings. The minimum Gasteiger partial charge on any atom is -0.378 e. The van der Waals surface area contributed by atoms with Gasteiger partial charge in [0.05, 0.1) is 13.2 Å². The van der Waals surface area contributed by atoms with Crippen LogP contribution in [0, 0.1) is 6.42 Å². The van der Waals surface area contributed by atoms with Gasteiger partial charge in [-0.1, -0.05) is 19.1 Å². The molecule has 1 heterocycles. The highest BCUT2D eigenvalue weighted by Gasteiger charge is 2.10. The number of hydrogen-bond donors (Lipinski definition) is 0. The standard InChI is InChI=1S/C12H16NO/c1-2-11-3-5-12(6-4-11)13-7-9-14-10-8-13/h2-6H,7-10H2,1H3. The maximum Gasteiger partial charge on any atom is 0.0642 e. The number of hydrogen-bond acceptors (Lipinski definition) is 2. The average molecular weight is 190 g/mol. The lowest BCUT2D eigenvalue weighted by Crippen LogP contribution is -2.36. The van der Waals surface area contributed by atoms with E-state index in [0.717, 1.165) is 26.3 Å².